The molecule has 0 unspecified atom stereocenters. The molecule has 7 nitrogen and oxygen atoms in total. The highest BCUT2D eigenvalue weighted by atomic mass is 32.2. The van der Waals surface area contributed by atoms with Gasteiger partial charge >= 0.3 is 0 Å². The van der Waals surface area contributed by atoms with Crippen molar-refractivity contribution >= 4 is 44.8 Å². The maximum absolute atomic E-state index is 12.8. The van der Waals surface area contributed by atoms with Crippen molar-refractivity contribution in [3.05, 3.63) is 53.6 Å². The zero-order chi connectivity index (χ0) is 22.6. The van der Waals surface area contributed by atoms with E-state index < -0.39 is 10.0 Å². The average molecular weight is 475 g/mol. The van der Waals surface area contributed by atoms with Crippen molar-refractivity contribution < 1.29 is 13.2 Å². The molecule has 0 aromatic heterocycles. The van der Waals surface area contributed by atoms with Crippen molar-refractivity contribution in [2.75, 3.05) is 58.9 Å². The van der Waals surface area contributed by atoms with Crippen molar-refractivity contribution in [1.82, 2.24) is 4.90 Å². The maximum atomic E-state index is 12.8. The van der Waals surface area contributed by atoms with Crippen LogP contribution in [0.1, 0.15) is 17.5 Å². The van der Waals surface area contributed by atoms with Crippen LogP contribution in [0, 0.1) is 0 Å². The standard InChI is InChI=1S/C23H30N4O3S2/c1-32(29,30)25-21-8-3-9-22-20(21)7-4-10-27(22)17-23(28)24-19-6-2-5-18(15-19)16-26-11-13-31-14-12-26/h2-3,5-6,8-9,15,25H,4,7,10-14,16-17H2,1H3,(H,24,28). The predicted octanol–water partition coefficient (Wildman–Crippen LogP) is 3.00. The van der Waals surface area contributed by atoms with Gasteiger partial charge in [0.2, 0.25) is 15.9 Å². The molecule has 0 atom stereocenters. The van der Waals surface area contributed by atoms with Gasteiger partial charge in [0.05, 0.1) is 18.5 Å². The Morgan fingerprint density at radius 2 is 1.88 bits per heavy atom. The van der Waals surface area contributed by atoms with Crippen molar-refractivity contribution in [2.45, 2.75) is 19.4 Å². The van der Waals surface area contributed by atoms with E-state index >= 15 is 0 Å². The summed E-state index contributed by atoms with van der Waals surface area (Å²) in [7, 11) is -3.36. The van der Waals surface area contributed by atoms with Crippen LogP contribution in [0.15, 0.2) is 42.5 Å². The fourth-order valence-electron chi connectivity index (χ4n) is 4.30. The first-order valence-electron chi connectivity index (χ1n) is 10.9. The van der Waals surface area contributed by atoms with Gasteiger partial charge in [-0.25, -0.2) is 8.42 Å². The second kappa shape index (κ2) is 10.1. The number of anilines is 3. The number of amides is 1. The molecule has 2 aliphatic rings. The molecule has 0 saturated carbocycles. The molecule has 4 rings (SSSR count). The summed E-state index contributed by atoms with van der Waals surface area (Å²) in [6, 6.07) is 13.6. The summed E-state index contributed by atoms with van der Waals surface area (Å²) in [5, 5.41) is 3.04. The molecule has 1 saturated heterocycles. The number of nitrogens with one attached hydrogen (secondary N) is 2. The van der Waals surface area contributed by atoms with E-state index in [1.807, 2.05) is 40.9 Å². The minimum absolute atomic E-state index is 0.0779. The van der Waals surface area contributed by atoms with Crippen LogP contribution in [0.5, 0.6) is 0 Å². The zero-order valence-electron chi connectivity index (χ0n) is 18.3. The van der Waals surface area contributed by atoms with Crippen molar-refractivity contribution in [3.63, 3.8) is 0 Å². The first-order valence-corrected chi connectivity index (χ1v) is 14.0. The summed E-state index contributed by atoms with van der Waals surface area (Å²) in [5.41, 5.74) is 4.47. The molecular weight excluding hydrogens is 444 g/mol. The van der Waals surface area contributed by atoms with Gasteiger partial charge in [-0.3, -0.25) is 14.4 Å². The Balaban J connectivity index is 1.41. The molecule has 2 aromatic rings. The van der Waals surface area contributed by atoms with Gasteiger partial charge in [0, 0.05) is 49.1 Å². The molecular formula is C23H30N4O3S2. The van der Waals surface area contributed by atoms with E-state index in [1.54, 1.807) is 6.07 Å². The van der Waals surface area contributed by atoms with Crippen LogP contribution < -0.4 is 14.9 Å². The normalized spacial score (nSPS) is 17.0. The number of thioether (sulfide) groups is 1. The molecule has 0 aliphatic carbocycles. The summed E-state index contributed by atoms with van der Waals surface area (Å²) in [5.74, 6) is 2.27. The minimum atomic E-state index is -3.36. The Kier molecular flexibility index (Phi) is 7.27. The Morgan fingerprint density at radius 3 is 2.66 bits per heavy atom. The third-order valence-electron chi connectivity index (χ3n) is 5.70. The van der Waals surface area contributed by atoms with E-state index in [-0.39, 0.29) is 12.5 Å². The third-order valence-corrected chi connectivity index (χ3v) is 7.23. The van der Waals surface area contributed by atoms with Crippen molar-refractivity contribution in [3.8, 4) is 0 Å². The van der Waals surface area contributed by atoms with E-state index in [2.05, 4.69) is 27.1 Å². The number of hydrogen-bond donors (Lipinski definition) is 2. The topological polar surface area (TPSA) is 81.8 Å². The van der Waals surface area contributed by atoms with Crippen LogP contribution in [-0.2, 0) is 27.8 Å². The van der Waals surface area contributed by atoms with Crippen molar-refractivity contribution in [2.24, 2.45) is 0 Å². The molecule has 1 fully saturated rings. The molecule has 9 heteroatoms. The Labute approximate surface area is 194 Å². The fraction of sp³-hybridized carbons (Fsp3) is 0.435. The third kappa shape index (κ3) is 6.17. The first kappa shape index (κ1) is 22.9. The van der Waals surface area contributed by atoms with Crippen LogP contribution in [0.3, 0.4) is 0 Å². The van der Waals surface area contributed by atoms with Gasteiger partial charge in [0.25, 0.3) is 0 Å². The summed E-state index contributed by atoms with van der Waals surface area (Å²) in [4.78, 5) is 17.3. The number of carbonyl (C=O) groups excluding carboxylic acids is 1. The van der Waals surface area contributed by atoms with E-state index in [1.165, 1.54) is 17.1 Å². The summed E-state index contributed by atoms with van der Waals surface area (Å²) >= 11 is 2.00. The average Bonchev–Trinajstić information content (AvgIpc) is 2.74. The minimum Gasteiger partial charge on any atom is -0.362 e. The lowest BCUT2D eigenvalue weighted by atomic mass is 10.00. The number of carbonyl (C=O) groups is 1. The lowest BCUT2D eigenvalue weighted by molar-refractivity contribution is -0.115. The van der Waals surface area contributed by atoms with Crippen LogP contribution in [-0.4, -0.2) is 63.2 Å². The van der Waals surface area contributed by atoms with Gasteiger partial charge < -0.3 is 10.2 Å². The van der Waals surface area contributed by atoms with Gasteiger partial charge in [-0.2, -0.15) is 11.8 Å². The van der Waals surface area contributed by atoms with Gasteiger partial charge in [0.1, 0.15) is 0 Å². The Hall–Kier alpha value is -2.23. The van der Waals surface area contributed by atoms with E-state index in [9.17, 15) is 13.2 Å². The summed E-state index contributed by atoms with van der Waals surface area (Å²) in [6.07, 6.45) is 2.80. The van der Waals surface area contributed by atoms with Crippen LogP contribution in [0.2, 0.25) is 0 Å². The quantitative estimate of drug-likeness (QED) is 0.642. The van der Waals surface area contributed by atoms with Gasteiger partial charge in [-0.15, -0.1) is 0 Å². The molecule has 0 bridgehead atoms. The highest BCUT2D eigenvalue weighted by Crippen LogP contribution is 2.33. The molecule has 32 heavy (non-hydrogen) atoms. The van der Waals surface area contributed by atoms with Crippen LogP contribution in [0.4, 0.5) is 17.1 Å². The van der Waals surface area contributed by atoms with Gasteiger partial charge in [0.15, 0.2) is 0 Å². The molecule has 0 radical (unpaired) electrons. The monoisotopic (exact) mass is 474 g/mol. The summed E-state index contributed by atoms with van der Waals surface area (Å²) < 4.78 is 26.0. The lowest BCUT2D eigenvalue weighted by Crippen LogP contribution is -2.37. The Bertz CT molecular complexity index is 1070. The number of rotatable bonds is 7. The Morgan fingerprint density at radius 1 is 1.09 bits per heavy atom. The lowest BCUT2D eigenvalue weighted by Gasteiger charge is -2.32. The van der Waals surface area contributed by atoms with Gasteiger partial charge in [-0.05, 0) is 48.2 Å². The molecule has 2 heterocycles. The molecule has 0 spiro atoms. The van der Waals surface area contributed by atoms with E-state index in [0.717, 1.165) is 62.2 Å². The van der Waals surface area contributed by atoms with Crippen LogP contribution >= 0.6 is 11.8 Å². The number of sulfonamides is 1. The SMILES string of the molecule is CS(=O)(=O)Nc1cccc2c1CCCN2CC(=O)Nc1cccc(CN2CCSCC2)c1. The smallest absolute Gasteiger partial charge is 0.243 e. The summed E-state index contributed by atoms with van der Waals surface area (Å²) in [6.45, 7) is 4.09. The largest absolute Gasteiger partial charge is 0.362 e. The maximum Gasteiger partial charge on any atom is 0.243 e. The highest BCUT2D eigenvalue weighted by Gasteiger charge is 2.22. The zero-order valence-corrected chi connectivity index (χ0v) is 20.0. The molecule has 2 aliphatic heterocycles. The second-order valence-electron chi connectivity index (χ2n) is 8.34. The molecule has 1 amide bonds. The fourth-order valence-corrected chi connectivity index (χ4v) is 5.87. The predicted molar refractivity (Wildman–Crippen MR) is 133 cm³/mol. The molecule has 172 valence electrons. The number of nitrogens with zero attached hydrogens (tertiary/aromatic N) is 2. The van der Waals surface area contributed by atoms with Crippen LogP contribution in [0.25, 0.3) is 0 Å². The van der Waals surface area contributed by atoms with E-state index in [0.29, 0.717) is 5.69 Å². The first-order chi connectivity index (χ1) is 15.4. The number of hydrogen-bond acceptors (Lipinski definition) is 6. The van der Waals surface area contributed by atoms with E-state index in [4.69, 9.17) is 0 Å². The molecule has 2 aromatic carbocycles. The highest BCUT2D eigenvalue weighted by molar-refractivity contribution is 7.99. The number of fused-ring (bicyclic) bond motifs is 1. The van der Waals surface area contributed by atoms with Gasteiger partial charge in [-0.1, -0.05) is 18.2 Å². The van der Waals surface area contributed by atoms with Crippen molar-refractivity contribution in [1.29, 1.82) is 0 Å². The molecule has 2 N–H and O–H groups in total. The number of benzene rings is 2. The second-order valence-corrected chi connectivity index (χ2v) is 11.3.